The molecule has 148 valence electrons. The van der Waals surface area contributed by atoms with Crippen molar-refractivity contribution in [2.45, 2.75) is 58.3 Å². The van der Waals surface area contributed by atoms with Crippen LogP contribution in [0, 0.1) is 5.92 Å². The van der Waals surface area contributed by atoms with E-state index in [1.807, 2.05) is 18.6 Å². The number of hydrogen-bond acceptors (Lipinski definition) is 3. The Labute approximate surface area is 172 Å². The van der Waals surface area contributed by atoms with Crippen LogP contribution in [0.15, 0.2) is 53.3 Å². The van der Waals surface area contributed by atoms with Crippen LogP contribution in [0.4, 0.5) is 0 Å². The fraction of sp³-hybridized carbons (Fsp3) is 0.385. The summed E-state index contributed by atoms with van der Waals surface area (Å²) in [4.78, 5) is 9.18. The predicted octanol–water partition coefficient (Wildman–Crippen LogP) is 7.29. The molecule has 3 aromatic heterocycles. The number of furan rings is 1. The van der Waals surface area contributed by atoms with Gasteiger partial charge in [-0.15, -0.1) is 0 Å². The Morgan fingerprint density at radius 2 is 1.86 bits per heavy atom. The molecule has 3 heterocycles. The molecule has 4 aromatic rings. The van der Waals surface area contributed by atoms with Crippen molar-refractivity contribution in [2.24, 2.45) is 5.92 Å². The normalized spacial score (nSPS) is 15.6. The highest BCUT2D eigenvalue weighted by Gasteiger charge is 2.17. The van der Waals surface area contributed by atoms with Crippen molar-refractivity contribution >= 4 is 21.9 Å². The van der Waals surface area contributed by atoms with E-state index in [2.05, 4.69) is 54.1 Å². The van der Waals surface area contributed by atoms with Crippen LogP contribution in [0.25, 0.3) is 33.2 Å². The van der Waals surface area contributed by atoms with Gasteiger partial charge in [0.2, 0.25) is 0 Å². The van der Waals surface area contributed by atoms with Crippen molar-refractivity contribution < 1.29 is 4.42 Å². The van der Waals surface area contributed by atoms with Crippen LogP contribution in [-0.4, -0.2) is 9.97 Å². The molecular formula is C26H28N2O. The number of rotatable bonds is 4. The van der Waals surface area contributed by atoms with Crippen LogP contribution in [0.1, 0.15) is 63.0 Å². The van der Waals surface area contributed by atoms with Crippen LogP contribution < -0.4 is 0 Å². The Balaban J connectivity index is 1.56. The molecule has 1 aromatic carbocycles. The van der Waals surface area contributed by atoms with Gasteiger partial charge in [0, 0.05) is 29.4 Å². The molecule has 0 unspecified atom stereocenters. The quantitative estimate of drug-likeness (QED) is 0.371. The molecule has 0 atom stereocenters. The highest BCUT2D eigenvalue weighted by Crippen LogP contribution is 2.36. The topological polar surface area (TPSA) is 38.9 Å². The van der Waals surface area contributed by atoms with Gasteiger partial charge in [-0.05, 0) is 47.6 Å². The van der Waals surface area contributed by atoms with Crippen molar-refractivity contribution in [3.8, 4) is 11.3 Å². The first-order valence-corrected chi connectivity index (χ1v) is 10.9. The number of nitrogens with zero attached hydrogens (tertiary/aromatic N) is 2. The SMILES string of the molecule is CC(C)c1ccc2c(c1)oc1c(-c3cc(CC4CCCCC4)ccn3)cncc12. The van der Waals surface area contributed by atoms with Gasteiger partial charge in [0.25, 0.3) is 0 Å². The molecule has 0 aliphatic heterocycles. The van der Waals surface area contributed by atoms with Gasteiger partial charge in [-0.25, -0.2) is 0 Å². The van der Waals surface area contributed by atoms with E-state index in [1.165, 1.54) is 43.2 Å². The zero-order valence-electron chi connectivity index (χ0n) is 17.3. The molecule has 0 amide bonds. The minimum Gasteiger partial charge on any atom is -0.455 e. The van der Waals surface area contributed by atoms with E-state index in [9.17, 15) is 0 Å². The summed E-state index contributed by atoms with van der Waals surface area (Å²) < 4.78 is 6.34. The lowest BCUT2D eigenvalue weighted by Crippen LogP contribution is -2.09. The van der Waals surface area contributed by atoms with E-state index in [-0.39, 0.29) is 0 Å². The zero-order chi connectivity index (χ0) is 19.8. The minimum absolute atomic E-state index is 0.475. The van der Waals surface area contributed by atoms with E-state index >= 15 is 0 Å². The van der Waals surface area contributed by atoms with Crippen LogP contribution in [0.2, 0.25) is 0 Å². The molecular weight excluding hydrogens is 356 g/mol. The average molecular weight is 385 g/mol. The third-order valence-electron chi connectivity index (χ3n) is 6.42. The molecule has 1 aliphatic carbocycles. The maximum Gasteiger partial charge on any atom is 0.147 e. The van der Waals surface area contributed by atoms with Gasteiger partial charge in [-0.3, -0.25) is 9.97 Å². The lowest BCUT2D eigenvalue weighted by atomic mass is 9.85. The first-order valence-electron chi connectivity index (χ1n) is 10.9. The second-order valence-corrected chi connectivity index (χ2v) is 8.83. The molecule has 0 bridgehead atoms. The van der Waals surface area contributed by atoms with Crippen LogP contribution >= 0.6 is 0 Å². The summed E-state index contributed by atoms with van der Waals surface area (Å²) in [5.74, 6) is 1.29. The monoisotopic (exact) mass is 384 g/mol. The average Bonchev–Trinajstić information content (AvgIpc) is 3.12. The smallest absolute Gasteiger partial charge is 0.147 e. The summed E-state index contributed by atoms with van der Waals surface area (Å²) in [6.07, 6.45) is 13.8. The number of pyridine rings is 2. The van der Waals surface area contributed by atoms with E-state index in [1.54, 1.807) is 0 Å². The van der Waals surface area contributed by atoms with Crippen molar-refractivity contribution in [3.05, 3.63) is 60.0 Å². The standard InChI is InChI=1S/C26H28N2O/c1-17(2)20-8-9-21-22-15-27-16-23(26(22)29-25(21)14-20)24-13-19(10-11-28-24)12-18-6-4-3-5-7-18/h8-11,13-18H,3-7,12H2,1-2H3. The molecule has 1 aliphatic rings. The van der Waals surface area contributed by atoms with Crippen molar-refractivity contribution in [1.29, 1.82) is 0 Å². The van der Waals surface area contributed by atoms with Gasteiger partial charge in [-0.2, -0.15) is 0 Å². The zero-order valence-corrected chi connectivity index (χ0v) is 17.3. The third kappa shape index (κ3) is 3.55. The molecule has 0 radical (unpaired) electrons. The summed E-state index contributed by atoms with van der Waals surface area (Å²) in [6.45, 7) is 4.41. The molecule has 0 saturated heterocycles. The summed E-state index contributed by atoms with van der Waals surface area (Å²) >= 11 is 0. The van der Waals surface area contributed by atoms with Crippen molar-refractivity contribution in [3.63, 3.8) is 0 Å². The van der Waals surface area contributed by atoms with Crippen LogP contribution in [0.5, 0.6) is 0 Å². The fourth-order valence-electron chi connectivity index (χ4n) is 4.72. The summed E-state index contributed by atoms with van der Waals surface area (Å²) in [5, 5.41) is 2.18. The Kier molecular flexibility index (Phi) is 4.83. The predicted molar refractivity (Wildman–Crippen MR) is 119 cm³/mol. The summed E-state index contributed by atoms with van der Waals surface area (Å²) in [7, 11) is 0. The first kappa shape index (κ1) is 18.4. The lowest BCUT2D eigenvalue weighted by molar-refractivity contribution is 0.356. The molecule has 1 fully saturated rings. The van der Waals surface area contributed by atoms with Crippen molar-refractivity contribution in [2.75, 3.05) is 0 Å². The lowest BCUT2D eigenvalue weighted by Gasteiger charge is -2.21. The van der Waals surface area contributed by atoms with E-state index in [4.69, 9.17) is 4.42 Å². The number of fused-ring (bicyclic) bond motifs is 3. The summed E-state index contributed by atoms with van der Waals surface area (Å²) in [5.41, 5.74) is 6.42. The highest BCUT2D eigenvalue weighted by molar-refractivity contribution is 6.08. The van der Waals surface area contributed by atoms with Crippen LogP contribution in [-0.2, 0) is 6.42 Å². The molecule has 3 nitrogen and oxygen atoms in total. The Morgan fingerprint density at radius 1 is 1.00 bits per heavy atom. The molecule has 5 rings (SSSR count). The molecule has 29 heavy (non-hydrogen) atoms. The van der Waals surface area contributed by atoms with Crippen LogP contribution in [0.3, 0.4) is 0 Å². The van der Waals surface area contributed by atoms with Gasteiger partial charge in [-0.1, -0.05) is 58.1 Å². The highest BCUT2D eigenvalue weighted by atomic mass is 16.3. The molecule has 3 heteroatoms. The number of benzene rings is 1. The van der Waals surface area contributed by atoms with E-state index in [0.717, 1.165) is 45.5 Å². The maximum absolute atomic E-state index is 6.34. The van der Waals surface area contributed by atoms with Gasteiger partial charge in [0.05, 0.1) is 11.3 Å². The second kappa shape index (κ2) is 7.62. The van der Waals surface area contributed by atoms with Gasteiger partial charge in [0.15, 0.2) is 0 Å². The second-order valence-electron chi connectivity index (χ2n) is 8.83. The number of aromatic nitrogens is 2. The van der Waals surface area contributed by atoms with Gasteiger partial charge in [0.1, 0.15) is 11.2 Å². The Hall–Kier alpha value is -2.68. The van der Waals surface area contributed by atoms with Crippen molar-refractivity contribution in [1.82, 2.24) is 9.97 Å². The minimum atomic E-state index is 0.475. The fourth-order valence-corrected chi connectivity index (χ4v) is 4.72. The largest absolute Gasteiger partial charge is 0.455 e. The maximum atomic E-state index is 6.34. The Bertz CT molecular complexity index is 1150. The molecule has 0 N–H and O–H groups in total. The summed E-state index contributed by atoms with van der Waals surface area (Å²) in [6, 6.07) is 10.9. The van der Waals surface area contributed by atoms with E-state index < -0.39 is 0 Å². The third-order valence-corrected chi connectivity index (χ3v) is 6.42. The Morgan fingerprint density at radius 3 is 2.69 bits per heavy atom. The van der Waals surface area contributed by atoms with Gasteiger partial charge >= 0.3 is 0 Å². The first-order chi connectivity index (χ1) is 14.2. The van der Waals surface area contributed by atoms with Gasteiger partial charge < -0.3 is 4.42 Å². The number of hydrogen-bond donors (Lipinski definition) is 0. The molecule has 1 saturated carbocycles. The van der Waals surface area contributed by atoms with E-state index in [0.29, 0.717) is 5.92 Å². The molecule has 0 spiro atoms.